The summed E-state index contributed by atoms with van der Waals surface area (Å²) in [5, 5.41) is 0. The topological polar surface area (TPSA) is 69.7 Å². The maximum Gasteiger partial charge on any atom is 0.144 e. The van der Waals surface area contributed by atoms with Gasteiger partial charge in [0.1, 0.15) is 34.4 Å². The molecule has 1 spiro atoms. The second-order valence-electron chi connectivity index (χ2n) is 14.5. The molecule has 2 aliphatic heterocycles. The summed E-state index contributed by atoms with van der Waals surface area (Å²) in [7, 11) is 0. The van der Waals surface area contributed by atoms with E-state index in [1.54, 1.807) is 0 Å². The minimum Gasteiger partial charge on any atom is -0.457 e. The number of ether oxygens (including phenoxy) is 2. The van der Waals surface area contributed by atoms with Crippen molar-refractivity contribution in [3.05, 3.63) is 108 Å². The summed E-state index contributed by atoms with van der Waals surface area (Å²) in [5.74, 6) is 0.358. The van der Waals surface area contributed by atoms with Crippen LogP contribution in [0.15, 0.2) is 97.1 Å². The largest absolute Gasteiger partial charge is 0.457 e. The normalized spacial score (nSPS) is 28.7. The van der Waals surface area contributed by atoms with Crippen molar-refractivity contribution >= 4 is 17.3 Å². The highest BCUT2D eigenvalue weighted by Gasteiger charge is 2.72. The third-order valence-corrected chi connectivity index (χ3v) is 11.3. The van der Waals surface area contributed by atoms with Crippen LogP contribution in [0.4, 0.5) is 0 Å². The molecular formula is C42H46O5. The van der Waals surface area contributed by atoms with Crippen molar-refractivity contribution in [2.24, 2.45) is 35.5 Å². The average Bonchev–Trinajstić information content (AvgIpc) is 3.73. The first kappa shape index (κ1) is 31.8. The first-order valence-corrected chi connectivity index (χ1v) is 17.7. The molecule has 3 aromatic carbocycles. The number of para-hydroxylation sites is 1. The number of hydrogen-bond acceptors (Lipinski definition) is 5. The molecule has 1 saturated heterocycles. The van der Waals surface area contributed by atoms with Crippen LogP contribution in [0.1, 0.15) is 69.4 Å². The smallest absolute Gasteiger partial charge is 0.144 e. The van der Waals surface area contributed by atoms with E-state index in [0.29, 0.717) is 30.4 Å². The van der Waals surface area contributed by atoms with Gasteiger partial charge in [0.25, 0.3) is 0 Å². The van der Waals surface area contributed by atoms with Crippen LogP contribution in [0, 0.1) is 35.5 Å². The number of hydrogen-bond donors (Lipinski definition) is 0. The first-order chi connectivity index (χ1) is 22.9. The molecule has 2 bridgehead atoms. The Morgan fingerprint density at radius 3 is 2.26 bits per heavy atom. The van der Waals surface area contributed by atoms with E-state index in [9.17, 15) is 14.4 Å². The molecule has 0 aromatic heterocycles. The van der Waals surface area contributed by atoms with Crippen LogP contribution in [-0.2, 0) is 32.0 Å². The Hall–Kier alpha value is -3.83. The van der Waals surface area contributed by atoms with Crippen molar-refractivity contribution in [3.8, 4) is 11.5 Å². The molecule has 0 N–H and O–H groups in total. The Bertz CT molecular complexity index is 1590. The zero-order valence-electron chi connectivity index (χ0n) is 27.4. The van der Waals surface area contributed by atoms with E-state index in [1.165, 1.54) is 24.8 Å². The Morgan fingerprint density at radius 1 is 0.851 bits per heavy atom. The zero-order chi connectivity index (χ0) is 32.4. The number of ketones is 3. The summed E-state index contributed by atoms with van der Waals surface area (Å²) in [6.07, 6.45) is 12.4. The van der Waals surface area contributed by atoms with Gasteiger partial charge < -0.3 is 9.47 Å². The first-order valence-electron chi connectivity index (χ1n) is 17.7. The summed E-state index contributed by atoms with van der Waals surface area (Å²) in [6, 6.07) is 27.6. The van der Waals surface area contributed by atoms with Gasteiger partial charge in [0, 0.05) is 18.8 Å². The number of carbonyl (C=O) groups excluding carboxylic acids is 3. The second kappa shape index (κ2) is 13.7. The van der Waals surface area contributed by atoms with E-state index >= 15 is 0 Å². The lowest BCUT2D eigenvalue weighted by molar-refractivity contribution is -0.135. The van der Waals surface area contributed by atoms with Gasteiger partial charge in [-0.3, -0.25) is 14.4 Å². The summed E-state index contributed by atoms with van der Waals surface area (Å²) in [4.78, 5) is 42.9. The minimum atomic E-state index is -0.992. The Balaban J connectivity index is 1.09. The Kier molecular flexibility index (Phi) is 9.27. The fourth-order valence-corrected chi connectivity index (χ4v) is 9.04. The van der Waals surface area contributed by atoms with E-state index in [2.05, 4.69) is 31.2 Å². The molecule has 4 aliphatic rings. The van der Waals surface area contributed by atoms with Crippen LogP contribution in [0.5, 0.6) is 11.5 Å². The van der Waals surface area contributed by atoms with Crippen LogP contribution in [0.25, 0.3) is 0 Å². The van der Waals surface area contributed by atoms with Crippen LogP contribution in [0.2, 0.25) is 0 Å². The van der Waals surface area contributed by atoms with Crippen molar-refractivity contribution in [1.82, 2.24) is 0 Å². The SMILES string of the molecule is CC(CCC1C(=O)C2C(C(=O)Cc3ccc(Oc4ccccc4)cc3)C3C=CC2(O3)C1C(=O)CC1CCCCC1)Cc1ccccc1. The predicted molar refractivity (Wildman–Crippen MR) is 182 cm³/mol. The van der Waals surface area contributed by atoms with Crippen molar-refractivity contribution in [3.63, 3.8) is 0 Å². The molecule has 47 heavy (non-hydrogen) atoms. The van der Waals surface area contributed by atoms with E-state index in [4.69, 9.17) is 9.47 Å². The van der Waals surface area contributed by atoms with Gasteiger partial charge in [-0.25, -0.2) is 0 Å². The molecule has 5 heteroatoms. The van der Waals surface area contributed by atoms with Crippen molar-refractivity contribution in [2.75, 3.05) is 0 Å². The predicted octanol–water partition coefficient (Wildman–Crippen LogP) is 8.54. The molecule has 0 amide bonds. The van der Waals surface area contributed by atoms with Crippen LogP contribution >= 0.6 is 0 Å². The van der Waals surface area contributed by atoms with E-state index < -0.39 is 35.4 Å². The van der Waals surface area contributed by atoms with Gasteiger partial charge in [-0.1, -0.05) is 112 Å². The quantitative estimate of drug-likeness (QED) is 0.177. The molecule has 3 fully saturated rings. The third kappa shape index (κ3) is 6.52. The fourth-order valence-electron chi connectivity index (χ4n) is 9.04. The molecule has 7 rings (SSSR count). The van der Waals surface area contributed by atoms with E-state index in [0.717, 1.165) is 37.0 Å². The molecule has 2 saturated carbocycles. The van der Waals surface area contributed by atoms with E-state index in [1.807, 2.05) is 72.8 Å². The van der Waals surface area contributed by atoms with Gasteiger partial charge in [0.15, 0.2) is 0 Å². The summed E-state index contributed by atoms with van der Waals surface area (Å²) in [5.41, 5.74) is 1.17. The number of Topliss-reactive ketones (excluding diaryl/α,β-unsaturated/α-hetero) is 3. The van der Waals surface area contributed by atoms with Crippen molar-refractivity contribution in [2.45, 2.75) is 82.8 Å². The molecule has 3 aromatic rings. The molecule has 7 atom stereocenters. The van der Waals surface area contributed by atoms with Crippen molar-refractivity contribution in [1.29, 1.82) is 0 Å². The van der Waals surface area contributed by atoms with Crippen molar-refractivity contribution < 1.29 is 23.9 Å². The molecule has 2 aliphatic carbocycles. The number of rotatable bonds is 13. The number of benzene rings is 3. The van der Waals surface area contributed by atoms with Gasteiger partial charge in [0.2, 0.25) is 0 Å². The lowest BCUT2D eigenvalue weighted by atomic mass is 9.70. The van der Waals surface area contributed by atoms with Gasteiger partial charge in [-0.2, -0.15) is 0 Å². The highest BCUT2D eigenvalue weighted by atomic mass is 16.5. The van der Waals surface area contributed by atoms with Crippen LogP contribution < -0.4 is 4.74 Å². The third-order valence-electron chi connectivity index (χ3n) is 11.3. The van der Waals surface area contributed by atoms with Crippen LogP contribution in [-0.4, -0.2) is 29.1 Å². The van der Waals surface area contributed by atoms with Crippen LogP contribution in [0.3, 0.4) is 0 Å². The minimum absolute atomic E-state index is 0.00729. The fraction of sp³-hybridized carbons (Fsp3) is 0.452. The summed E-state index contributed by atoms with van der Waals surface area (Å²) in [6.45, 7) is 2.23. The zero-order valence-corrected chi connectivity index (χ0v) is 27.4. The number of fused-ring (bicyclic) bond motifs is 1. The lowest BCUT2D eigenvalue weighted by Crippen LogP contribution is -2.43. The van der Waals surface area contributed by atoms with Gasteiger partial charge >= 0.3 is 0 Å². The standard InChI is InChI=1S/C42H46O5/c1-28(25-29-11-5-2-6-12-29)17-22-34-39(36(44)27-30-13-7-3-8-14-30)42-24-23-37(47-42)38(40(42)41(34)45)35(43)26-31-18-20-33(21-19-31)46-32-15-9-4-10-16-32/h2,4-6,9-12,15-16,18-21,23-24,28,30,34,37-40H,3,7-8,13-14,17,22,25-27H2,1H3. The molecule has 2 heterocycles. The summed E-state index contributed by atoms with van der Waals surface area (Å²) < 4.78 is 12.6. The molecule has 7 unspecified atom stereocenters. The molecule has 5 nitrogen and oxygen atoms in total. The monoisotopic (exact) mass is 630 g/mol. The van der Waals surface area contributed by atoms with E-state index in [-0.39, 0.29) is 23.8 Å². The summed E-state index contributed by atoms with van der Waals surface area (Å²) >= 11 is 0. The van der Waals surface area contributed by atoms with Gasteiger partial charge in [-0.05, 0) is 66.5 Å². The second-order valence-corrected chi connectivity index (χ2v) is 14.5. The maximum absolute atomic E-state index is 14.5. The Labute approximate surface area is 278 Å². The molecule has 0 radical (unpaired) electrons. The van der Waals surface area contributed by atoms with Gasteiger partial charge in [-0.15, -0.1) is 0 Å². The van der Waals surface area contributed by atoms with Gasteiger partial charge in [0.05, 0.1) is 23.9 Å². The lowest BCUT2D eigenvalue weighted by Gasteiger charge is -2.32. The highest BCUT2D eigenvalue weighted by molar-refractivity contribution is 6.02. The Morgan fingerprint density at radius 2 is 1.53 bits per heavy atom. The maximum atomic E-state index is 14.5. The average molecular weight is 631 g/mol. The molecule has 244 valence electrons. The number of carbonyl (C=O) groups is 3. The molecular weight excluding hydrogens is 584 g/mol. The highest BCUT2D eigenvalue weighted by Crippen LogP contribution is 2.60.